The molecule has 0 spiro atoms. The highest BCUT2D eigenvalue weighted by molar-refractivity contribution is 7.89. The van der Waals surface area contributed by atoms with E-state index in [2.05, 4.69) is 5.32 Å². The first-order chi connectivity index (χ1) is 13.2. The number of nitrogens with zero attached hydrogens (tertiary/aromatic N) is 1. The zero-order chi connectivity index (χ0) is 20.7. The van der Waals surface area contributed by atoms with Crippen molar-refractivity contribution < 1.29 is 17.9 Å². The molecule has 2 aromatic carbocycles. The highest BCUT2D eigenvalue weighted by Gasteiger charge is 2.28. The molecule has 0 aliphatic carbocycles. The molecule has 0 fully saturated rings. The standard InChI is InChI=1S/C19H22Cl2N2O4S/c1-14(13-27-2)22-19(24)12-23(11-15-5-3-4-6-18(15)21)28(25,26)17-9-7-16(20)8-10-17/h3-10,14H,11-13H2,1-2H3,(H,22,24)/t14-/m0/s1. The first-order valence-electron chi connectivity index (χ1n) is 8.51. The Bertz CT molecular complexity index is 904. The lowest BCUT2D eigenvalue weighted by Crippen LogP contribution is -2.44. The van der Waals surface area contributed by atoms with Crippen molar-refractivity contribution in [2.75, 3.05) is 20.3 Å². The summed E-state index contributed by atoms with van der Waals surface area (Å²) in [7, 11) is -2.43. The third-order valence-electron chi connectivity index (χ3n) is 3.90. The van der Waals surface area contributed by atoms with Crippen LogP contribution in [0.3, 0.4) is 0 Å². The average Bonchev–Trinajstić information content (AvgIpc) is 2.63. The predicted molar refractivity (Wildman–Crippen MR) is 110 cm³/mol. The molecule has 2 rings (SSSR count). The van der Waals surface area contributed by atoms with Crippen molar-refractivity contribution in [2.24, 2.45) is 0 Å². The van der Waals surface area contributed by atoms with Crippen LogP contribution in [0.5, 0.6) is 0 Å². The van der Waals surface area contributed by atoms with Crippen LogP contribution in [0, 0.1) is 0 Å². The molecule has 0 saturated heterocycles. The molecule has 0 aliphatic rings. The normalized spacial score (nSPS) is 12.8. The molecule has 0 aromatic heterocycles. The maximum Gasteiger partial charge on any atom is 0.243 e. The first-order valence-corrected chi connectivity index (χ1v) is 10.7. The molecule has 0 unspecified atom stereocenters. The molecule has 0 aliphatic heterocycles. The van der Waals surface area contributed by atoms with Gasteiger partial charge in [-0.1, -0.05) is 41.4 Å². The zero-order valence-corrected chi connectivity index (χ0v) is 17.9. The van der Waals surface area contributed by atoms with Crippen LogP contribution in [0.2, 0.25) is 10.0 Å². The molecule has 2 aromatic rings. The predicted octanol–water partition coefficient (Wildman–Crippen LogP) is 3.34. The molecule has 0 saturated carbocycles. The maximum atomic E-state index is 13.1. The molecule has 0 bridgehead atoms. The van der Waals surface area contributed by atoms with Gasteiger partial charge in [-0.25, -0.2) is 8.42 Å². The number of amides is 1. The molecule has 1 N–H and O–H groups in total. The summed E-state index contributed by atoms with van der Waals surface area (Å²) in [4.78, 5) is 12.5. The van der Waals surface area contributed by atoms with Crippen LogP contribution in [0.15, 0.2) is 53.4 Å². The number of carbonyl (C=O) groups excluding carboxylic acids is 1. The number of sulfonamides is 1. The monoisotopic (exact) mass is 444 g/mol. The smallest absolute Gasteiger partial charge is 0.243 e. The van der Waals surface area contributed by atoms with Crippen molar-refractivity contribution >= 4 is 39.1 Å². The third-order valence-corrected chi connectivity index (χ3v) is 6.33. The molecule has 152 valence electrons. The van der Waals surface area contributed by atoms with Crippen molar-refractivity contribution in [1.82, 2.24) is 9.62 Å². The number of nitrogens with one attached hydrogen (secondary N) is 1. The average molecular weight is 445 g/mol. The number of halogens is 2. The van der Waals surface area contributed by atoms with Crippen molar-refractivity contribution in [3.63, 3.8) is 0 Å². The Morgan fingerprint density at radius 2 is 1.79 bits per heavy atom. The van der Waals surface area contributed by atoms with Crippen LogP contribution in [0.25, 0.3) is 0 Å². The van der Waals surface area contributed by atoms with E-state index in [1.54, 1.807) is 31.2 Å². The van der Waals surface area contributed by atoms with Crippen molar-refractivity contribution in [3.05, 3.63) is 64.1 Å². The molecule has 1 atom stereocenters. The fourth-order valence-electron chi connectivity index (χ4n) is 2.57. The largest absolute Gasteiger partial charge is 0.383 e. The van der Waals surface area contributed by atoms with E-state index in [4.69, 9.17) is 27.9 Å². The third kappa shape index (κ3) is 6.18. The zero-order valence-electron chi connectivity index (χ0n) is 15.6. The van der Waals surface area contributed by atoms with Crippen molar-refractivity contribution in [3.8, 4) is 0 Å². The van der Waals surface area contributed by atoms with E-state index in [1.807, 2.05) is 0 Å². The summed E-state index contributed by atoms with van der Waals surface area (Å²) >= 11 is 12.1. The quantitative estimate of drug-likeness (QED) is 0.643. The molecule has 28 heavy (non-hydrogen) atoms. The Hall–Kier alpha value is -1.64. The summed E-state index contributed by atoms with van der Waals surface area (Å²) in [6.07, 6.45) is 0. The Morgan fingerprint density at radius 1 is 1.14 bits per heavy atom. The summed E-state index contributed by atoms with van der Waals surface area (Å²) in [6, 6.07) is 12.4. The van der Waals surface area contributed by atoms with Crippen LogP contribution in [-0.2, 0) is 26.1 Å². The highest BCUT2D eigenvalue weighted by Crippen LogP contribution is 2.23. The summed E-state index contributed by atoms with van der Waals surface area (Å²) in [5, 5.41) is 3.56. The lowest BCUT2D eigenvalue weighted by atomic mass is 10.2. The van der Waals surface area contributed by atoms with Gasteiger partial charge in [0.05, 0.1) is 18.0 Å². The number of benzene rings is 2. The van der Waals surface area contributed by atoms with Gasteiger partial charge in [0, 0.05) is 29.7 Å². The Labute approximate surface area is 175 Å². The van der Waals surface area contributed by atoms with E-state index < -0.39 is 15.9 Å². The summed E-state index contributed by atoms with van der Waals surface area (Å²) in [6.45, 7) is 1.69. The van der Waals surface area contributed by atoms with Crippen molar-refractivity contribution in [2.45, 2.75) is 24.4 Å². The number of rotatable bonds is 9. The van der Waals surface area contributed by atoms with E-state index in [0.717, 1.165) is 4.31 Å². The lowest BCUT2D eigenvalue weighted by molar-refractivity contribution is -0.122. The number of methoxy groups -OCH3 is 1. The number of hydrogen-bond donors (Lipinski definition) is 1. The van der Waals surface area contributed by atoms with Gasteiger partial charge >= 0.3 is 0 Å². The summed E-state index contributed by atoms with van der Waals surface area (Å²) in [5.74, 6) is -0.436. The number of hydrogen-bond acceptors (Lipinski definition) is 4. The molecule has 9 heteroatoms. The van der Waals surface area contributed by atoms with Crippen molar-refractivity contribution in [1.29, 1.82) is 0 Å². The maximum absolute atomic E-state index is 13.1. The number of carbonyl (C=O) groups is 1. The molecule has 0 radical (unpaired) electrons. The summed E-state index contributed by atoms with van der Waals surface area (Å²) < 4.78 is 32.4. The minimum absolute atomic E-state index is 0.0432. The molecule has 6 nitrogen and oxygen atoms in total. The van der Waals surface area contributed by atoms with E-state index >= 15 is 0 Å². The number of ether oxygens (including phenoxy) is 1. The Balaban J connectivity index is 2.31. The highest BCUT2D eigenvalue weighted by atomic mass is 35.5. The molecule has 0 heterocycles. The van der Waals surface area contributed by atoms with E-state index in [1.165, 1.54) is 31.4 Å². The van der Waals surface area contributed by atoms with Crippen LogP contribution in [-0.4, -0.2) is 44.9 Å². The lowest BCUT2D eigenvalue weighted by Gasteiger charge is -2.23. The van der Waals surface area contributed by atoms with Gasteiger partial charge in [-0.05, 0) is 42.8 Å². The SMILES string of the molecule is COC[C@H](C)NC(=O)CN(Cc1ccccc1Cl)S(=O)(=O)c1ccc(Cl)cc1. The Morgan fingerprint density at radius 3 is 2.39 bits per heavy atom. The first kappa shape index (κ1) is 22.6. The van der Waals surface area contributed by atoms with Gasteiger partial charge in [0.1, 0.15) is 0 Å². The molecular formula is C19H22Cl2N2O4S. The minimum atomic E-state index is -3.95. The molecular weight excluding hydrogens is 423 g/mol. The van der Waals surface area contributed by atoms with Crippen LogP contribution < -0.4 is 5.32 Å². The Kier molecular flexibility index (Phi) is 8.27. The second-order valence-corrected chi connectivity index (χ2v) is 9.02. The molecule has 1 amide bonds. The van der Waals surface area contributed by atoms with Gasteiger partial charge in [-0.3, -0.25) is 4.79 Å². The van der Waals surface area contributed by atoms with E-state index in [9.17, 15) is 13.2 Å². The van der Waals surface area contributed by atoms with E-state index in [0.29, 0.717) is 22.2 Å². The van der Waals surface area contributed by atoms with Crippen LogP contribution in [0.4, 0.5) is 0 Å². The minimum Gasteiger partial charge on any atom is -0.383 e. The van der Waals surface area contributed by atoms with E-state index in [-0.39, 0.29) is 24.0 Å². The second kappa shape index (κ2) is 10.2. The topological polar surface area (TPSA) is 75.7 Å². The van der Waals surface area contributed by atoms with Gasteiger partial charge in [-0.15, -0.1) is 0 Å². The fraction of sp³-hybridized carbons (Fsp3) is 0.316. The van der Waals surface area contributed by atoms with Crippen LogP contribution >= 0.6 is 23.2 Å². The van der Waals surface area contributed by atoms with Gasteiger partial charge in [0.15, 0.2) is 0 Å². The summed E-state index contributed by atoms with van der Waals surface area (Å²) in [5.41, 5.74) is 0.597. The van der Waals surface area contributed by atoms with Gasteiger partial charge in [0.2, 0.25) is 15.9 Å². The second-order valence-electron chi connectivity index (χ2n) is 6.24. The van der Waals surface area contributed by atoms with Gasteiger partial charge < -0.3 is 10.1 Å². The van der Waals surface area contributed by atoms with Crippen LogP contribution in [0.1, 0.15) is 12.5 Å². The van der Waals surface area contributed by atoms with Gasteiger partial charge in [-0.2, -0.15) is 4.31 Å². The fourth-order valence-corrected chi connectivity index (χ4v) is 4.27. The van der Waals surface area contributed by atoms with Gasteiger partial charge in [0.25, 0.3) is 0 Å².